The Bertz CT molecular complexity index is 512. The van der Waals surface area contributed by atoms with Crippen molar-refractivity contribution in [2.75, 3.05) is 5.75 Å². The number of hydrogen-bond acceptors (Lipinski definition) is 4. The number of aromatic nitrogens is 2. The van der Waals surface area contributed by atoms with Gasteiger partial charge in [-0.1, -0.05) is 18.7 Å². The molecule has 1 amide bonds. The van der Waals surface area contributed by atoms with Crippen molar-refractivity contribution in [3.05, 3.63) is 11.9 Å². The summed E-state index contributed by atoms with van der Waals surface area (Å²) in [5, 5.41) is 12.4. The fourth-order valence-electron chi connectivity index (χ4n) is 2.08. The summed E-state index contributed by atoms with van der Waals surface area (Å²) < 4.78 is 2.03. The molecule has 1 aromatic rings. The Kier molecular flexibility index (Phi) is 5.67. The number of rotatable bonds is 9. The highest BCUT2D eigenvalue weighted by atomic mass is 32.2. The van der Waals surface area contributed by atoms with E-state index in [2.05, 4.69) is 10.3 Å². The Balaban J connectivity index is 1.85. The van der Waals surface area contributed by atoms with E-state index in [9.17, 15) is 9.59 Å². The number of hydrogen-bond donors (Lipinski definition) is 2. The van der Waals surface area contributed by atoms with Crippen LogP contribution in [0.3, 0.4) is 0 Å². The zero-order chi connectivity index (χ0) is 15.2. The molecule has 7 heteroatoms. The zero-order valence-corrected chi connectivity index (χ0v) is 13.0. The largest absolute Gasteiger partial charge is 0.481 e. The molecule has 0 aliphatic heterocycles. The summed E-state index contributed by atoms with van der Waals surface area (Å²) in [6.45, 7) is 2.74. The van der Waals surface area contributed by atoms with Gasteiger partial charge in [-0.2, -0.15) is 0 Å². The molecule has 0 atom stereocenters. The van der Waals surface area contributed by atoms with Gasteiger partial charge in [0.25, 0.3) is 0 Å². The molecular weight excluding hydrogens is 290 g/mol. The topological polar surface area (TPSA) is 84.2 Å². The number of carboxylic acids is 1. The number of carbonyl (C=O) groups is 2. The Morgan fingerprint density at radius 1 is 1.52 bits per heavy atom. The van der Waals surface area contributed by atoms with Crippen LogP contribution in [0.25, 0.3) is 0 Å². The van der Waals surface area contributed by atoms with Gasteiger partial charge in [0.2, 0.25) is 5.91 Å². The van der Waals surface area contributed by atoms with Crippen molar-refractivity contribution in [1.82, 2.24) is 14.9 Å². The van der Waals surface area contributed by atoms with Gasteiger partial charge in [-0.25, -0.2) is 4.98 Å². The molecule has 0 saturated heterocycles. The first-order valence-corrected chi connectivity index (χ1v) is 8.27. The van der Waals surface area contributed by atoms with Gasteiger partial charge in [0.1, 0.15) is 0 Å². The van der Waals surface area contributed by atoms with Crippen molar-refractivity contribution < 1.29 is 14.7 Å². The van der Waals surface area contributed by atoms with Crippen LogP contribution >= 0.6 is 11.8 Å². The SMILES string of the molecule is CCc1cnc(SCC(=O)O)n1CCCC(=O)NC1CC1. The molecule has 6 nitrogen and oxygen atoms in total. The second kappa shape index (κ2) is 7.49. The van der Waals surface area contributed by atoms with Crippen LogP contribution in [-0.4, -0.2) is 38.3 Å². The number of thioether (sulfide) groups is 1. The summed E-state index contributed by atoms with van der Waals surface area (Å²) in [5.74, 6) is -0.741. The number of aliphatic carboxylic acids is 1. The van der Waals surface area contributed by atoms with E-state index < -0.39 is 5.97 Å². The fourth-order valence-corrected chi connectivity index (χ4v) is 2.82. The van der Waals surface area contributed by atoms with Crippen molar-refractivity contribution in [3.63, 3.8) is 0 Å². The standard InChI is InChI=1S/C14H21N3O3S/c1-2-11-8-15-14(21-9-13(19)20)17(11)7-3-4-12(18)16-10-5-6-10/h8,10H,2-7,9H2,1H3,(H,16,18)(H,19,20). The molecule has 2 rings (SSSR count). The minimum atomic E-state index is -0.851. The van der Waals surface area contributed by atoms with Crippen LogP contribution in [0.5, 0.6) is 0 Å². The van der Waals surface area contributed by atoms with Crippen LogP contribution in [0, 0.1) is 0 Å². The number of nitrogens with one attached hydrogen (secondary N) is 1. The maximum absolute atomic E-state index is 11.7. The van der Waals surface area contributed by atoms with Crippen molar-refractivity contribution >= 4 is 23.6 Å². The monoisotopic (exact) mass is 311 g/mol. The predicted molar refractivity (Wildman–Crippen MR) is 80.4 cm³/mol. The van der Waals surface area contributed by atoms with E-state index in [1.165, 1.54) is 11.8 Å². The van der Waals surface area contributed by atoms with Crippen LogP contribution in [0.15, 0.2) is 11.4 Å². The van der Waals surface area contributed by atoms with Gasteiger partial charge in [-0.15, -0.1) is 0 Å². The molecule has 2 N–H and O–H groups in total. The van der Waals surface area contributed by atoms with E-state index in [4.69, 9.17) is 5.11 Å². The van der Waals surface area contributed by atoms with Crippen molar-refractivity contribution in [2.45, 2.75) is 56.8 Å². The van der Waals surface area contributed by atoms with Crippen molar-refractivity contribution in [2.24, 2.45) is 0 Å². The fraction of sp³-hybridized carbons (Fsp3) is 0.643. The van der Waals surface area contributed by atoms with E-state index in [-0.39, 0.29) is 11.7 Å². The Hall–Kier alpha value is -1.50. The van der Waals surface area contributed by atoms with Crippen molar-refractivity contribution in [3.8, 4) is 0 Å². The summed E-state index contributed by atoms with van der Waals surface area (Å²) in [6, 6.07) is 0.402. The maximum atomic E-state index is 11.7. The Morgan fingerprint density at radius 3 is 2.90 bits per heavy atom. The first-order chi connectivity index (χ1) is 10.1. The van der Waals surface area contributed by atoms with Crippen molar-refractivity contribution in [1.29, 1.82) is 0 Å². The van der Waals surface area contributed by atoms with Crippen LogP contribution < -0.4 is 5.32 Å². The van der Waals surface area contributed by atoms with Crippen LogP contribution in [0.1, 0.15) is 38.3 Å². The molecule has 1 aliphatic carbocycles. The molecule has 1 aromatic heterocycles. The predicted octanol–water partition coefficient (Wildman–Crippen LogP) is 1.68. The van der Waals surface area contributed by atoms with Crippen LogP contribution in [0.2, 0.25) is 0 Å². The number of amides is 1. The first kappa shape index (κ1) is 15.9. The highest BCUT2D eigenvalue weighted by Gasteiger charge is 2.22. The summed E-state index contributed by atoms with van der Waals surface area (Å²) in [6.07, 6.45) is 6.07. The summed E-state index contributed by atoms with van der Waals surface area (Å²) in [5.41, 5.74) is 1.07. The molecule has 1 fully saturated rings. The Morgan fingerprint density at radius 2 is 2.29 bits per heavy atom. The number of carbonyl (C=O) groups excluding carboxylic acids is 1. The average molecular weight is 311 g/mol. The van der Waals surface area contributed by atoms with Crippen LogP contribution in [-0.2, 0) is 22.6 Å². The summed E-state index contributed by atoms with van der Waals surface area (Å²) in [7, 11) is 0. The third-order valence-corrected chi connectivity index (χ3v) is 4.29. The average Bonchev–Trinajstić information content (AvgIpc) is 3.16. The summed E-state index contributed by atoms with van der Waals surface area (Å²) >= 11 is 1.22. The minimum absolute atomic E-state index is 0.00232. The minimum Gasteiger partial charge on any atom is -0.481 e. The lowest BCUT2D eigenvalue weighted by Crippen LogP contribution is -2.25. The number of carboxylic acid groups (broad SMARTS) is 1. The molecule has 1 aliphatic rings. The van der Waals surface area contributed by atoms with Gasteiger partial charge in [-0.3, -0.25) is 9.59 Å². The molecule has 0 radical (unpaired) electrons. The third kappa shape index (κ3) is 5.08. The normalized spacial score (nSPS) is 14.1. The molecule has 1 heterocycles. The van der Waals surface area contributed by atoms with Gasteiger partial charge in [0.15, 0.2) is 5.16 Å². The van der Waals surface area contributed by atoms with Gasteiger partial charge in [0.05, 0.1) is 5.75 Å². The van der Waals surface area contributed by atoms with E-state index in [1.54, 1.807) is 6.20 Å². The van der Waals surface area contributed by atoms with E-state index >= 15 is 0 Å². The van der Waals surface area contributed by atoms with Gasteiger partial charge in [-0.05, 0) is 25.7 Å². The van der Waals surface area contributed by atoms with Gasteiger partial charge in [0, 0.05) is 30.9 Å². The maximum Gasteiger partial charge on any atom is 0.313 e. The third-order valence-electron chi connectivity index (χ3n) is 3.32. The quantitative estimate of drug-likeness (QED) is 0.678. The lowest BCUT2D eigenvalue weighted by atomic mass is 10.2. The molecule has 0 aromatic carbocycles. The summed E-state index contributed by atoms with van der Waals surface area (Å²) in [4.78, 5) is 26.6. The molecule has 21 heavy (non-hydrogen) atoms. The molecule has 0 unspecified atom stereocenters. The van der Waals surface area contributed by atoms with E-state index in [0.29, 0.717) is 19.0 Å². The van der Waals surface area contributed by atoms with E-state index in [0.717, 1.165) is 36.5 Å². The van der Waals surface area contributed by atoms with Gasteiger partial charge >= 0.3 is 5.97 Å². The molecule has 1 saturated carbocycles. The molecule has 0 bridgehead atoms. The highest BCUT2D eigenvalue weighted by molar-refractivity contribution is 7.99. The molecule has 116 valence electrons. The zero-order valence-electron chi connectivity index (χ0n) is 12.2. The lowest BCUT2D eigenvalue weighted by Gasteiger charge is -2.10. The van der Waals surface area contributed by atoms with Crippen LogP contribution in [0.4, 0.5) is 0 Å². The van der Waals surface area contributed by atoms with Gasteiger partial charge < -0.3 is 15.0 Å². The number of nitrogens with zero attached hydrogens (tertiary/aromatic N) is 2. The lowest BCUT2D eigenvalue weighted by molar-refractivity contribution is -0.134. The highest BCUT2D eigenvalue weighted by Crippen LogP contribution is 2.21. The number of aryl methyl sites for hydroxylation is 1. The smallest absolute Gasteiger partial charge is 0.313 e. The molecule has 0 spiro atoms. The second-order valence-electron chi connectivity index (χ2n) is 5.17. The van der Waals surface area contributed by atoms with E-state index in [1.807, 2.05) is 11.5 Å². The Labute approximate surface area is 128 Å². The number of imidazole rings is 1. The first-order valence-electron chi connectivity index (χ1n) is 7.28. The molecular formula is C14H21N3O3S. The second-order valence-corrected chi connectivity index (χ2v) is 6.11.